The van der Waals surface area contributed by atoms with Crippen LogP contribution in [-0.4, -0.2) is 50.0 Å². The second kappa shape index (κ2) is 7.32. The molecule has 0 spiro atoms. The van der Waals surface area contributed by atoms with E-state index in [2.05, 4.69) is 5.32 Å². The molecule has 0 heterocycles. The number of aliphatic hydroxyl groups is 1. The summed E-state index contributed by atoms with van der Waals surface area (Å²) in [6.45, 7) is 1.19. The summed E-state index contributed by atoms with van der Waals surface area (Å²) in [5.41, 5.74) is 0. The monoisotopic (exact) mass is 304 g/mol. The number of nitrogens with one attached hydrogen (secondary N) is 1. The van der Waals surface area contributed by atoms with Crippen molar-refractivity contribution in [2.24, 2.45) is 0 Å². The molecule has 0 aromatic heterocycles. The molecular formula is C12H17FN2O4S. The molecule has 20 heavy (non-hydrogen) atoms. The Kier molecular flexibility index (Phi) is 6.05. The number of benzene rings is 1. The topological polar surface area (TPSA) is 86.7 Å². The van der Waals surface area contributed by atoms with Crippen molar-refractivity contribution >= 4 is 15.9 Å². The van der Waals surface area contributed by atoms with Crippen molar-refractivity contribution in [1.82, 2.24) is 9.62 Å². The first-order valence-corrected chi connectivity index (χ1v) is 7.49. The fourth-order valence-corrected chi connectivity index (χ4v) is 2.94. The van der Waals surface area contributed by atoms with E-state index in [1.165, 1.54) is 0 Å². The molecule has 0 unspecified atom stereocenters. The minimum absolute atomic E-state index is 0.0625. The van der Waals surface area contributed by atoms with Gasteiger partial charge >= 0.3 is 0 Å². The standard InChI is InChI=1S/C12H17FN2O4S/c1-2-15(9-12(17)14-7-8-16)20(18,19)11-5-3-10(13)4-6-11/h3-6,16H,2,7-9H2,1H3,(H,14,17). The van der Waals surface area contributed by atoms with Crippen LogP contribution in [0.4, 0.5) is 4.39 Å². The largest absolute Gasteiger partial charge is 0.395 e. The fourth-order valence-electron chi connectivity index (χ4n) is 1.53. The van der Waals surface area contributed by atoms with Crippen molar-refractivity contribution in [3.05, 3.63) is 30.1 Å². The molecule has 6 nitrogen and oxygen atoms in total. The lowest BCUT2D eigenvalue weighted by Gasteiger charge is -2.19. The van der Waals surface area contributed by atoms with Gasteiger partial charge in [0.25, 0.3) is 0 Å². The number of hydrogen-bond donors (Lipinski definition) is 2. The molecule has 1 rings (SSSR count). The summed E-state index contributed by atoms with van der Waals surface area (Å²) in [6.07, 6.45) is 0. The van der Waals surface area contributed by atoms with Gasteiger partial charge in [-0.15, -0.1) is 0 Å². The number of hydrogen-bond acceptors (Lipinski definition) is 4. The predicted molar refractivity (Wildman–Crippen MR) is 70.9 cm³/mol. The molecule has 0 aliphatic heterocycles. The molecule has 0 aliphatic carbocycles. The van der Waals surface area contributed by atoms with Gasteiger partial charge in [0, 0.05) is 13.1 Å². The highest BCUT2D eigenvalue weighted by Gasteiger charge is 2.25. The summed E-state index contributed by atoms with van der Waals surface area (Å²) in [4.78, 5) is 11.4. The molecule has 1 aromatic carbocycles. The number of likely N-dealkylation sites (N-methyl/N-ethyl adjacent to an activating group) is 1. The van der Waals surface area contributed by atoms with E-state index in [-0.39, 0.29) is 31.1 Å². The van der Waals surface area contributed by atoms with Crippen molar-refractivity contribution in [3.63, 3.8) is 0 Å². The van der Waals surface area contributed by atoms with E-state index in [9.17, 15) is 17.6 Å². The van der Waals surface area contributed by atoms with Crippen molar-refractivity contribution in [2.45, 2.75) is 11.8 Å². The Bertz CT molecular complexity index is 545. The average Bonchev–Trinajstić information content (AvgIpc) is 2.42. The van der Waals surface area contributed by atoms with Crippen molar-refractivity contribution in [1.29, 1.82) is 0 Å². The van der Waals surface area contributed by atoms with Crippen molar-refractivity contribution in [3.8, 4) is 0 Å². The zero-order valence-electron chi connectivity index (χ0n) is 11.0. The van der Waals surface area contributed by atoms with Gasteiger partial charge in [-0.1, -0.05) is 6.92 Å². The van der Waals surface area contributed by atoms with Gasteiger partial charge in [0.1, 0.15) is 5.82 Å². The third-order valence-electron chi connectivity index (χ3n) is 2.56. The molecule has 112 valence electrons. The number of carbonyl (C=O) groups excluding carboxylic acids is 1. The van der Waals surface area contributed by atoms with Crippen LogP contribution in [0.5, 0.6) is 0 Å². The fraction of sp³-hybridized carbons (Fsp3) is 0.417. The van der Waals surface area contributed by atoms with E-state index in [4.69, 9.17) is 5.11 Å². The summed E-state index contributed by atoms with van der Waals surface area (Å²) >= 11 is 0. The Labute approximate surface area is 117 Å². The Morgan fingerprint density at radius 2 is 1.95 bits per heavy atom. The predicted octanol–water partition coefficient (Wildman–Crippen LogP) is -0.0552. The number of amides is 1. The van der Waals surface area contributed by atoms with Gasteiger partial charge in [0.05, 0.1) is 18.0 Å². The minimum atomic E-state index is -3.84. The van der Waals surface area contributed by atoms with Crippen LogP contribution in [0.1, 0.15) is 6.92 Å². The van der Waals surface area contributed by atoms with Crippen LogP contribution in [0.15, 0.2) is 29.2 Å². The van der Waals surface area contributed by atoms with Crippen LogP contribution in [0.2, 0.25) is 0 Å². The summed E-state index contributed by atoms with van der Waals surface area (Å²) in [7, 11) is -3.84. The van der Waals surface area contributed by atoms with Crippen LogP contribution in [-0.2, 0) is 14.8 Å². The molecule has 0 saturated carbocycles. The Balaban J connectivity index is 2.87. The van der Waals surface area contributed by atoms with Gasteiger partial charge in [-0.2, -0.15) is 4.31 Å². The van der Waals surface area contributed by atoms with Crippen LogP contribution in [0.3, 0.4) is 0 Å². The van der Waals surface area contributed by atoms with Gasteiger partial charge in [-0.3, -0.25) is 4.79 Å². The van der Waals surface area contributed by atoms with Gasteiger partial charge in [-0.05, 0) is 24.3 Å². The van der Waals surface area contributed by atoms with Gasteiger partial charge in [0.2, 0.25) is 15.9 Å². The maximum Gasteiger partial charge on any atom is 0.243 e. The van der Waals surface area contributed by atoms with E-state index in [1.54, 1.807) is 6.92 Å². The quantitative estimate of drug-likeness (QED) is 0.739. The third kappa shape index (κ3) is 4.26. The van der Waals surface area contributed by atoms with E-state index in [1.807, 2.05) is 0 Å². The minimum Gasteiger partial charge on any atom is -0.395 e. The Morgan fingerprint density at radius 3 is 2.45 bits per heavy atom. The van der Waals surface area contributed by atoms with E-state index in [0.29, 0.717) is 0 Å². The van der Waals surface area contributed by atoms with E-state index >= 15 is 0 Å². The van der Waals surface area contributed by atoms with Crippen LogP contribution in [0, 0.1) is 5.82 Å². The molecule has 0 bridgehead atoms. The SMILES string of the molecule is CCN(CC(=O)NCCO)S(=O)(=O)c1ccc(F)cc1. The highest BCUT2D eigenvalue weighted by atomic mass is 32.2. The Hall–Kier alpha value is -1.51. The molecule has 2 N–H and O–H groups in total. The number of carbonyl (C=O) groups is 1. The highest BCUT2D eigenvalue weighted by molar-refractivity contribution is 7.89. The molecule has 0 aliphatic rings. The van der Waals surface area contributed by atoms with Crippen molar-refractivity contribution in [2.75, 3.05) is 26.2 Å². The maximum atomic E-state index is 12.8. The molecular weight excluding hydrogens is 287 g/mol. The van der Waals surface area contributed by atoms with Crippen LogP contribution >= 0.6 is 0 Å². The van der Waals surface area contributed by atoms with E-state index in [0.717, 1.165) is 28.6 Å². The van der Waals surface area contributed by atoms with E-state index < -0.39 is 21.7 Å². The van der Waals surface area contributed by atoms with Gasteiger partial charge in [0.15, 0.2) is 0 Å². The summed E-state index contributed by atoms with van der Waals surface area (Å²) in [5, 5.41) is 11.0. The zero-order chi connectivity index (χ0) is 15.2. The first-order chi connectivity index (χ1) is 9.41. The molecule has 1 aromatic rings. The maximum absolute atomic E-state index is 12.8. The number of sulfonamides is 1. The summed E-state index contributed by atoms with van der Waals surface area (Å²) < 4.78 is 38.3. The first-order valence-electron chi connectivity index (χ1n) is 6.05. The second-order valence-corrected chi connectivity index (χ2v) is 5.90. The first kappa shape index (κ1) is 16.5. The number of nitrogens with zero attached hydrogens (tertiary/aromatic N) is 1. The van der Waals surface area contributed by atoms with Crippen LogP contribution < -0.4 is 5.32 Å². The number of rotatable bonds is 7. The lowest BCUT2D eigenvalue weighted by molar-refractivity contribution is -0.121. The number of halogens is 1. The normalized spacial score (nSPS) is 11.6. The van der Waals surface area contributed by atoms with Gasteiger partial charge in [-0.25, -0.2) is 12.8 Å². The van der Waals surface area contributed by atoms with Gasteiger partial charge < -0.3 is 10.4 Å². The smallest absolute Gasteiger partial charge is 0.243 e. The molecule has 1 amide bonds. The molecule has 0 fully saturated rings. The number of aliphatic hydroxyl groups excluding tert-OH is 1. The molecule has 0 radical (unpaired) electrons. The lowest BCUT2D eigenvalue weighted by Crippen LogP contribution is -2.41. The highest BCUT2D eigenvalue weighted by Crippen LogP contribution is 2.15. The zero-order valence-corrected chi connectivity index (χ0v) is 11.9. The Morgan fingerprint density at radius 1 is 1.35 bits per heavy atom. The second-order valence-electron chi connectivity index (χ2n) is 3.96. The summed E-state index contributed by atoms with van der Waals surface area (Å²) in [6, 6.07) is 4.40. The lowest BCUT2D eigenvalue weighted by atomic mass is 10.4. The van der Waals surface area contributed by atoms with Crippen molar-refractivity contribution < 1.29 is 22.7 Å². The average molecular weight is 304 g/mol. The third-order valence-corrected chi connectivity index (χ3v) is 4.49. The molecule has 0 atom stereocenters. The summed E-state index contributed by atoms with van der Waals surface area (Å²) in [5.74, 6) is -1.04. The van der Waals surface area contributed by atoms with Crippen LogP contribution in [0.25, 0.3) is 0 Å². The molecule has 8 heteroatoms. The molecule has 0 saturated heterocycles.